The van der Waals surface area contributed by atoms with Crippen LogP contribution in [0.1, 0.15) is 64.2 Å². The summed E-state index contributed by atoms with van der Waals surface area (Å²) in [5, 5.41) is 7.61. The number of carbonyl (C=O) groups is 1. The lowest BCUT2D eigenvalue weighted by Gasteiger charge is -2.39. The fourth-order valence-corrected chi connectivity index (χ4v) is 3.43. The van der Waals surface area contributed by atoms with Crippen molar-refractivity contribution in [3.8, 4) is 0 Å². The van der Waals surface area contributed by atoms with Crippen molar-refractivity contribution < 1.29 is 9.32 Å². The van der Waals surface area contributed by atoms with E-state index in [1.807, 2.05) is 6.92 Å². The molecule has 0 aromatic carbocycles. The molecule has 23 heavy (non-hydrogen) atoms. The fraction of sp³-hybridized carbons (Fsp3) is 0.824. The molecule has 1 saturated carbocycles. The second kappa shape index (κ2) is 6.99. The van der Waals surface area contributed by atoms with Gasteiger partial charge in [-0.05, 0) is 32.1 Å². The molecule has 1 N–H and O–H groups in total. The second-order valence-corrected chi connectivity index (χ2v) is 6.91. The molecule has 3 atom stereocenters. The lowest BCUT2D eigenvalue weighted by molar-refractivity contribution is -0.134. The molecule has 1 aromatic heterocycles. The van der Waals surface area contributed by atoms with Crippen LogP contribution in [0.2, 0.25) is 0 Å². The number of rotatable bonds is 6. The number of aromatic nitrogens is 2. The predicted molar refractivity (Wildman–Crippen MR) is 86.7 cm³/mol. The molecule has 0 unspecified atom stereocenters. The molecule has 1 aliphatic heterocycles. The van der Waals surface area contributed by atoms with Gasteiger partial charge in [0.2, 0.25) is 11.8 Å². The molecule has 1 aromatic rings. The second-order valence-electron chi connectivity index (χ2n) is 6.91. The average molecular weight is 320 g/mol. The molecule has 128 valence electrons. The van der Waals surface area contributed by atoms with Crippen LogP contribution in [-0.4, -0.2) is 40.1 Å². The monoisotopic (exact) mass is 320 g/mol. The van der Waals surface area contributed by atoms with Crippen LogP contribution in [0.15, 0.2) is 4.52 Å². The SMILES string of the molecule is CCc1noc([C@H](C)N[C@@H]2CCN(C(=O)C3CC3)C[C@H]2CC)n1. The highest BCUT2D eigenvalue weighted by atomic mass is 16.5. The Balaban J connectivity index is 1.57. The topological polar surface area (TPSA) is 71.3 Å². The lowest BCUT2D eigenvalue weighted by Crippen LogP contribution is -2.51. The minimum Gasteiger partial charge on any atom is -0.342 e. The molecular formula is C17H28N4O2. The first-order valence-electron chi connectivity index (χ1n) is 8.99. The van der Waals surface area contributed by atoms with Gasteiger partial charge in [-0.3, -0.25) is 4.79 Å². The van der Waals surface area contributed by atoms with E-state index in [1.165, 1.54) is 0 Å². The molecule has 2 heterocycles. The molecule has 1 aliphatic carbocycles. The minimum atomic E-state index is 0.0486. The number of carbonyl (C=O) groups excluding carboxylic acids is 1. The summed E-state index contributed by atoms with van der Waals surface area (Å²) >= 11 is 0. The van der Waals surface area contributed by atoms with E-state index in [0.29, 0.717) is 29.7 Å². The smallest absolute Gasteiger partial charge is 0.243 e. The van der Waals surface area contributed by atoms with Gasteiger partial charge >= 0.3 is 0 Å². The standard InChI is InChI=1S/C17H28N4O2/c1-4-12-10-21(17(22)13-6-7-13)9-8-14(12)18-11(3)16-19-15(5-2)20-23-16/h11-14,18H,4-10H2,1-3H3/t11-,12+,14+/m0/s1. The van der Waals surface area contributed by atoms with Crippen molar-refractivity contribution >= 4 is 5.91 Å². The number of hydrogen-bond donors (Lipinski definition) is 1. The van der Waals surface area contributed by atoms with Gasteiger partial charge in [-0.25, -0.2) is 0 Å². The summed E-state index contributed by atoms with van der Waals surface area (Å²) in [6.45, 7) is 8.03. The summed E-state index contributed by atoms with van der Waals surface area (Å²) in [7, 11) is 0. The Morgan fingerprint density at radius 3 is 2.78 bits per heavy atom. The van der Waals surface area contributed by atoms with Gasteiger partial charge < -0.3 is 14.7 Å². The van der Waals surface area contributed by atoms with Gasteiger partial charge in [0.1, 0.15) is 0 Å². The Kier molecular flexibility index (Phi) is 4.99. The van der Waals surface area contributed by atoms with E-state index in [0.717, 1.165) is 51.0 Å². The van der Waals surface area contributed by atoms with E-state index in [2.05, 4.69) is 34.2 Å². The van der Waals surface area contributed by atoms with Gasteiger partial charge in [0.05, 0.1) is 6.04 Å². The van der Waals surface area contributed by atoms with Crippen LogP contribution < -0.4 is 5.32 Å². The maximum Gasteiger partial charge on any atom is 0.243 e. The molecule has 1 saturated heterocycles. The van der Waals surface area contributed by atoms with Gasteiger partial charge in [-0.1, -0.05) is 25.4 Å². The molecule has 0 radical (unpaired) electrons. The number of likely N-dealkylation sites (tertiary alicyclic amines) is 1. The molecule has 0 spiro atoms. The molecule has 2 fully saturated rings. The first-order valence-corrected chi connectivity index (χ1v) is 8.99. The third-order valence-corrected chi connectivity index (χ3v) is 5.13. The van der Waals surface area contributed by atoms with Crippen LogP contribution >= 0.6 is 0 Å². The number of piperidine rings is 1. The van der Waals surface area contributed by atoms with E-state index < -0.39 is 0 Å². The van der Waals surface area contributed by atoms with Crippen molar-refractivity contribution in [2.45, 2.75) is 65.0 Å². The summed E-state index contributed by atoms with van der Waals surface area (Å²) in [4.78, 5) is 18.8. The summed E-state index contributed by atoms with van der Waals surface area (Å²) in [5.74, 6) is 2.60. The first kappa shape index (κ1) is 16.4. The van der Waals surface area contributed by atoms with Gasteiger partial charge in [0, 0.05) is 31.5 Å². The zero-order valence-corrected chi connectivity index (χ0v) is 14.4. The van der Waals surface area contributed by atoms with E-state index in [-0.39, 0.29) is 6.04 Å². The number of nitrogens with zero attached hydrogens (tertiary/aromatic N) is 3. The Morgan fingerprint density at radius 2 is 2.17 bits per heavy atom. The summed E-state index contributed by atoms with van der Waals surface area (Å²) in [6.07, 6.45) is 5.03. The zero-order valence-electron chi connectivity index (χ0n) is 14.4. The van der Waals surface area contributed by atoms with Crippen molar-refractivity contribution in [3.05, 3.63) is 11.7 Å². The zero-order chi connectivity index (χ0) is 16.4. The first-order chi connectivity index (χ1) is 11.1. The van der Waals surface area contributed by atoms with Crippen LogP contribution in [0, 0.1) is 11.8 Å². The third kappa shape index (κ3) is 3.74. The highest BCUT2D eigenvalue weighted by Crippen LogP contribution is 2.33. The van der Waals surface area contributed by atoms with Crippen molar-refractivity contribution in [2.75, 3.05) is 13.1 Å². The van der Waals surface area contributed by atoms with Gasteiger partial charge in [0.15, 0.2) is 5.82 Å². The Bertz CT molecular complexity index is 540. The third-order valence-electron chi connectivity index (χ3n) is 5.13. The normalized spacial score (nSPS) is 26.3. The Labute approximate surface area is 138 Å². The molecule has 6 nitrogen and oxygen atoms in total. The molecular weight excluding hydrogens is 292 g/mol. The highest BCUT2D eigenvalue weighted by Gasteiger charge is 2.38. The van der Waals surface area contributed by atoms with Crippen LogP contribution in [0.5, 0.6) is 0 Å². The fourth-order valence-electron chi connectivity index (χ4n) is 3.43. The number of hydrogen-bond acceptors (Lipinski definition) is 5. The Morgan fingerprint density at radius 1 is 1.39 bits per heavy atom. The van der Waals surface area contributed by atoms with Crippen LogP contribution in [-0.2, 0) is 11.2 Å². The van der Waals surface area contributed by atoms with Gasteiger partial charge in [0.25, 0.3) is 0 Å². The maximum absolute atomic E-state index is 12.3. The molecule has 6 heteroatoms. The molecule has 0 bridgehead atoms. The highest BCUT2D eigenvalue weighted by molar-refractivity contribution is 5.81. The lowest BCUT2D eigenvalue weighted by atomic mass is 9.89. The average Bonchev–Trinajstić information content (AvgIpc) is 3.31. The molecule has 3 rings (SSSR count). The summed E-state index contributed by atoms with van der Waals surface area (Å²) in [5.41, 5.74) is 0. The quantitative estimate of drug-likeness (QED) is 0.871. The van der Waals surface area contributed by atoms with Gasteiger partial charge in [-0.15, -0.1) is 0 Å². The number of nitrogens with one attached hydrogen (secondary N) is 1. The predicted octanol–water partition coefficient (Wildman–Crippen LogP) is 2.32. The molecule has 1 amide bonds. The largest absolute Gasteiger partial charge is 0.342 e. The van der Waals surface area contributed by atoms with Gasteiger partial charge in [-0.2, -0.15) is 4.98 Å². The number of aryl methyl sites for hydroxylation is 1. The van der Waals surface area contributed by atoms with E-state index in [1.54, 1.807) is 0 Å². The summed E-state index contributed by atoms with van der Waals surface area (Å²) < 4.78 is 5.34. The molecule has 2 aliphatic rings. The van der Waals surface area contributed by atoms with Crippen molar-refractivity contribution in [3.63, 3.8) is 0 Å². The van der Waals surface area contributed by atoms with Crippen molar-refractivity contribution in [1.82, 2.24) is 20.4 Å². The minimum absolute atomic E-state index is 0.0486. The Hall–Kier alpha value is -1.43. The summed E-state index contributed by atoms with van der Waals surface area (Å²) in [6, 6.07) is 0.447. The number of amides is 1. The maximum atomic E-state index is 12.3. The van der Waals surface area contributed by atoms with E-state index >= 15 is 0 Å². The van der Waals surface area contributed by atoms with E-state index in [9.17, 15) is 4.79 Å². The van der Waals surface area contributed by atoms with E-state index in [4.69, 9.17) is 4.52 Å². The van der Waals surface area contributed by atoms with Crippen LogP contribution in [0.4, 0.5) is 0 Å². The van der Waals surface area contributed by atoms with Crippen molar-refractivity contribution in [1.29, 1.82) is 0 Å². The van der Waals surface area contributed by atoms with Crippen LogP contribution in [0.25, 0.3) is 0 Å². The van der Waals surface area contributed by atoms with Crippen LogP contribution in [0.3, 0.4) is 0 Å². The van der Waals surface area contributed by atoms with Crippen molar-refractivity contribution in [2.24, 2.45) is 11.8 Å².